The highest BCUT2D eigenvalue weighted by Crippen LogP contribution is 2.72. The quantitative estimate of drug-likeness (QED) is 0.300. The molecule has 2 aliphatic heterocycles. The second-order valence-corrected chi connectivity index (χ2v) is 8.91. The molecule has 7 atom stereocenters. The number of allylic oxidation sites excluding steroid dienone is 1. The first-order chi connectivity index (χ1) is 13.6. The molecule has 0 aromatic heterocycles. The van der Waals surface area contributed by atoms with E-state index in [1.54, 1.807) is 0 Å². The van der Waals surface area contributed by atoms with E-state index in [4.69, 9.17) is 23.7 Å². The van der Waals surface area contributed by atoms with Crippen molar-refractivity contribution in [3.05, 3.63) is 11.6 Å². The molecule has 0 N–H and O–H groups in total. The molecular weight excluding hydrogens is 380 g/mol. The van der Waals surface area contributed by atoms with Crippen molar-refractivity contribution in [3.8, 4) is 0 Å². The summed E-state index contributed by atoms with van der Waals surface area (Å²) in [6.07, 6.45) is 1.00. The van der Waals surface area contributed by atoms with Crippen molar-refractivity contribution in [2.75, 3.05) is 13.2 Å². The molecule has 160 valence electrons. The minimum absolute atomic E-state index is 0.107. The molecule has 8 heteroatoms. The Bertz CT molecular complexity index is 784. The van der Waals surface area contributed by atoms with Crippen LogP contribution in [0.15, 0.2) is 11.6 Å². The summed E-state index contributed by atoms with van der Waals surface area (Å²) in [7, 11) is 0. The zero-order valence-corrected chi connectivity index (χ0v) is 17.5. The summed E-state index contributed by atoms with van der Waals surface area (Å²) in [4.78, 5) is 35.6. The number of esters is 3. The first kappa shape index (κ1) is 20.3. The summed E-state index contributed by atoms with van der Waals surface area (Å²) in [5.41, 5.74) is -1.04. The van der Waals surface area contributed by atoms with E-state index in [2.05, 4.69) is 6.08 Å². The molecule has 2 saturated heterocycles. The van der Waals surface area contributed by atoms with E-state index in [0.717, 1.165) is 6.42 Å². The fourth-order valence-electron chi connectivity index (χ4n) is 5.88. The van der Waals surface area contributed by atoms with Gasteiger partial charge in [-0.25, -0.2) is 0 Å². The molecule has 0 radical (unpaired) electrons. The molecule has 1 saturated carbocycles. The molecule has 3 unspecified atom stereocenters. The number of carbonyl (C=O) groups excluding carboxylic acids is 3. The third-order valence-electron chi connectivity index (χ3n) is 7.36. The number of fused-ring (bicyclic) bond motifs is 2. The molecule has 4 rings (SSSR count). The van der Waals surface area contributed by atoms with Gasteiger partial charge in [-0.05, 0) is 19.8 Å². The molecule has 4 aliphatic rings. The molecule has 1 spiro atoms. The summed E-state index contributed by atoms with van der Waals surface area (Å²) in [5.74, 6) is -1.34. The van der Waals surface area contributed by atoms with Crippen LogP contribution < -0.4 is 0 Å². The SMILES string of the molecule is CC(=O)OC[C@]12CCC(C)=CC1OC1[C@H](OC(C)=O)[C@@H](OC(C)=O)[C@@]2(C)C12CO2. The average Bonchev–Trinajstić information content (AvgIpc) is 3.40. The van der Waals surface area contributed by atoms with E-state index < -0.39 is 46.7 Å². The Hall–Kier alpha value is -1.93. The van der Waals surface area contributed by atoms with Gasteiger partial charge in [0.25, 0.3) is 0 Å². The Kier molecular flexibility index (Phi) is 4.59. The largest absolute Gasteiger partial charge is 0.465 e. The second-order valence-electron chi connectivity index (χ2n) is 8.91. The smallest absolute Gasteiger partial charge is 0.303 e. The lowest BCUT2D eigenvalue weighted by atomic mass is 9.51. The van der Waals surface area contributed by atoms with Gasteiger partial charge in [0.15, 0.2) is 12.2 Å². The molecule has 29 heavy (non-hydrogen) atoms. The Balaban J connectivity index is 1.87. The molecule has 2 bridgehead atoms. The first-order valence-electron chi connectivity index (χ1n) is 10.0. The van der Waals surface area contributed by atoms with Crippen molar-refractivity contribution < 1.29 is 38.1 Å². The number of hydrogen-bond acceptors (Lipinski definition) is 8. The van der Waals surface area contributed by atoms with Crippen LogP contribution in [0.4, 0.5) is 0 Å². The van der Waals surface area contributed by atoms with Gasteiger partial charge in [0.1, 0.15) is 18.3 Å². The van der Waals surface area contributed by atoms with Gasteiger partial charge in [0, 0.05) is 26.2 Å². The maximum Gasteiger partial charge on any atom is 0.303 e. The summed E-state index contributed by atoms with van der Waals surface area (Å²) < 4.78 is 29.4. The number of rotatable bonds is 4. The molecule has 2 aliphatic carbocycles. The van der Waals surface area contributed by atoms with E-state index in [9.17, 15) is 14.4 Å². The fourth-order valence-corrected chi connectivity index (χ4v) is 5.88. The lowest BCUT2D eigenvalue weighted by molar-refractivity contribution is -0.233. The molecule has 3 fully saturated rings. The second kappa shape index (κ2) is 6.54. The minimum Gasteiger partial charge on any atom is -0.465 e. The zero-order chi connectivity index (χ0) is 21.2. The van der Waals surface area contributed by atoms with Crippen LogP contribution in [-0.2, 0) is 38.1 Å². The molecule has 0 aromatic carbocycles. The van der Waals surface area contributed by atoms with E-state index >= 15 is 0 Å². The maximum absolute atomic E-state index is 12.0. The van der Waals surface area contributed by atoms with Gasteiger partial charge in [-0.2, -0.15) is 0 Å². The normalized spacial score (nSPS) is 44.5. The van der Waals surface area contributed by atoms with Crippen molar-refractivity contribution in [1.29, 1.82) is 0 Å². The monoisotopic (exact) mass is 408 g/mol. The van der Waals surface area contributed by atoms with E-state index in [0.29, 0.717) is 13.0 Å². The predicted molar refractivity (Wildman–Crippen MR) is 98.6 cm³/mol. The van der Waals surface area contributed by atoms with Crippen LogP contribution in [0.2, 0.25) is 0 Å². The van der Waals surface area contributed by atoms with E-state index in [1.165, 1.54) is 26.3 Å². The standard InChI is InChI=1S/C21H28O8/c1-11-6-7-20(9-25-12(2)22)15(8-11)29-18-16(27-13(3)23)17(28-14(4)24)19(20,5)21(18)10-26-21/h8,15-18H,6-7,9-10H2,1-5H3/t15?,16-,17-,18?,19-,20-,21?/m1/s1. The van der Waals surface area contributed by atoms with Crippen LogP contribution in [-0.4, -0.2) is 61.1 Å². The number of epoxide rings is 1. The summed E-state index contributed by atoms with van der Waals surface area (Å²) >= 11 is 0. The number of ether oxygens (including phenoxy) is 5. The molecule has 8 nitrogen and oxygen atoms in total. The molecule has 0 amide bonds. The Morgan fingerprint density at radius 1 is 1.14 bits per heavy atom. The Morgan fingerprint density at radius 3 is 2.34 bits per heavy atom. The van der Waals surface area contributed by atoms with E-state index in [-0.39, 0.29) is 18.7 Å². The Labute approximate surface area is 169 Å². The summed E-state index contributed by atoms with van der Waals surface area (Å²) in [6.45, 7) is 8.57. The number of carbonyl (C=O) groups is 3. The van der Waals surface area contributed by atoms with Crippen molar-refractivity contribution in [1.82, 2.24) is 0 Å². The minimum atomic E-state index is -0.794. The van der Waals surface area contributed by atoms with Gasteiger partial charge in [-0.15, -0.1) is 0 Å². The highest BCUT2D eigenvalue weighted by Gasteiger charge is 2.86. The topological polar surface area (TPSA) is 101 Å². The van der Waals surface area contributed by atoms with Crippen LogP contribution in [0, 0.1) is 10.8 Å². The van der Waals surface area contributed by atoms with Gasteiger partial charge < -0.3 is 23.7 Å². The molecule has 2 heterocycles. The van der Waals surface area contributed by atoms with Crippen molar-refractivity contribution in [2.24, 2.45) is 10.8 Å². The van der Waals surface area contributed by atoms with Crippen LogP contribution in [0.1, 0.15) is 47.5 Å². The predicted octanol–water partition coefficient (Wildman–Crippen LogP) is 1.70. The van der Waals surface area contributed by atoms with E-state index in [1.807, 2.05) is 13.8 Å². The highest BCUT2D eigenvalue weighted by molar-refractivity contribution is 5.68. The van der Waals surface area contributed by atoms with Gasteiger partial charge in [-0.3, -0.25) is 14.4 Å². The highest BCUT2D eigenvalue weighted by atomic mass is 16.7. The fraction of sp³-hybridized carbons (Fsp3) is 0.762. The van der Waals surface area contributed by atoms with Gasteiger partial charge in [0.2, 0.25) is 0 Å². The maximum atomic E-state index is 12.0. The zero-order valence-electron chi connectivity index (χ0n) is 17.5. The first-order valence-corrected chi connectivity index (χ1v) is 10.0. The third kappa shape index (κ3) is 2.68. The van der Waals surface area contributed by atoms with Crippen LogP contribution in [0.3, 0.4) is 0 Å². The lowest BCUT2D eigenvalue weighted by Gasteiger charge is -2.57. The van der Waals surface area contributed by atoms with Gasteiger partial charge >= 0.3 is 17.9 Å². The average molecular weight is 408 g/mol. The molecule has 0 aromatic rings. The van der Waals surface area contributed by atoms with Crippen LogP contribution >= 0.6 is 0 Å². The lowest BCUT2D eigenvalue weighted by Crippen LogP contribution is -2.66. The van der Waals surface area contributed by atoms with Gasteiger partial charge in [-0.1, -0.05) is 18.6 Å². The van der Waals surface area contributed by atoms with Crippen molar-refractivity contribution >= 4 is 17.9 Å². The molecular formula is C21H28O8. The Morgan fingerprint density at radius 2 is 1.79 bits per heavy atom. The van der Waals surface area contributed by atoms with Crippen molar-refractivity contribution in [3.63, 3.8) is 0 Å². The van der Waals surface area contributed by atoms with Gasteiger partial charge in [0.05, 0.1) is 18.1 Å². The summed E-state index contributed by atoms with van der Waals surface area (Å²) in [5, 5.41) is 0. The van der Waals surface area contributed by atoms with Crippen LogP contribution in [0.5, 0.6) is 0 Å². The van der Waals surface area contributed by atoms with Crippen LogP contribution in [0.25, 0.3) is 0 Å². The summed E-state index contributed by atoms with van der Waals surface area (Å²) in [6, 6.07) is 0. The number of hydrogen-bond donors (Lipinski definition) is 0. The third-order valence-corrected chi connectivity index (χ3v) is 7.36. The van der Waals surface area contributed by atoms with Crippen molar-refractivity contribution in [2.45, 2.75) is 77.5 Å².